The summed E-state index contributed by atoms with van der Waals surface area (Å²) in [6, 6.07) is 19.3. The maximum atomic E-state index is 15.1. The molecule has 5 rings (SSSR count). The number of rotatable bonds is 9. The van der Waals surface area contributed by atoms with Crippen molar-refractivity contribution >= 4 is 18.3 Å². The van der Waals surface area contributed by atoms with E-state index in [1.54, 1.807) is 29.2 Å². The first kappa shape index (κ1) is 28.7. The molecule has 4 aromatic rings. The first-order valence-corrected chi connectivity index (χ1v) is 13.8. The highest BCUT2D eigenvalue weighted by Crippen LogP contribution is 2.24. The Hall–Kier alpha value is -4.86. The summed E-state index contributed by atoms with van der Waals surface area (Å²) in [5.74, 6) is -1.14. The second-order valence-corrected chi connectivity index (χ2v) is 10.6. The van der Waals surface area contributed by atoms with Crippen LogP contribution < -0.4 is 5.32 Å². The van der Waals surface area contributed by atoms with Crippen LogP contribution in [0, 0.1) is 18.7 Å². The largest absolute Gasteiger partial charge is 0.444 e. The Balaban J connectivity index is 1.25. The number of ether oxygens (including phenoxy) is 1. The highest BCUT2D eigenvalue weighted by atomic mass is 19.1. The summed E-state index contributed by atoms with van der Waals surface area (Å²) in [5.41, 5.74) is 3.86. The molecule has 1 aromatic heterocycles. The van der Waals surface area contributed by atoms with Gasteiger partial charge in [-0.1, -0.05) is 60.1 Å². The van der Waals surface area contributed by atoms with Crippen molar-refractivity contribution in [2.75, 3.05) is 13.1 Å². The fourth-order valence-electron chi connectivity index (χ4n) is 4.86. The molecule has 42 heavy (non-hydrogen) atoms. The Morgan fingerprint density at radius 2 is 1.86 bits per heavy atom. The molecule has 1 N–H and O–H groups in total. The number of aromatic nitrogens is 2. The third kappa shape index (κ3) is 6.71. The van der Waals surface area contributed by atoms with E-state index in [2.05, 4.69) is 22.4 Å². The van der Waals surface area contributed by atoms with Gasteiger partial charge in [-0.05, 0) is 66.6 Å². The number of likely N-dealkylation sites (tertiary alicyclic amines) is 1. The minimum atomic E-state index is -1.04. The zero-order chi connectivity index (χ0) is 29.6. The second kappa shape index (κ2) is 12.8. The molecule has 9 nitrogen and oxygen atoms in total. The van der Waals surface area contributed by atoms with Crippen molar-refractivity contribution < 1.29 is 28.0 Å². The van der Waals surface area contributed by atoms with Gasteiger partial charge in [-0.15, -0.1) is 0 Å². The molecule has 0 saturated carbocycles. The summed E-state index contributed by atoms with van der Waals surface area (Å²) in [6.07, 6.45) is 0.781. The SMILES string of the molecule is Cc1ccc(-c2cccc(C(=O)NC(Cc3ccc(-c4noc(C(=O)N5CCC(C)CC5)n4)c(F)c3)OC=O)c2)cc1. The van der Waals surface area contributed by atoms with E-state index in [1.165, 1.54) is 12.1 Å². The van der Waals surface area contributed by atoms with Crippen molar-refractivity contribution in [3.05, 3.63) is 95.1 Å². The zero-order valence-electron chi connectivity index (χ0n) is 23.4. The standard InChI is InChI=1S/C32H31FN4O5/c1-20-6-9-23(10-7-20)24-4-3-5-25(18-24)30(39)34-28(41-19-38)17-22-8-11-26(27(33)16-22)29-35-31(42-36-29)32(40)37-14-12-21(2)13-15-37/h3-11,16,18-19,21,28H,12-15,17H2,1-2H3,(H,34,39). The van der Waals surface area contributed by atoms with Gasteiger partial charge in [-0.3, -0.25) is 14.4 Å². The molecule has 1 unspecified atom stereocenters. The van der Waals surface area contributed by atoms with Crippen molar-refractivity contribution in [1.82, 2.24) is 20.4 Å². The highest BCUT2D eigenvalue weighted by Gasteiger charge is 2.27. The molecular formula is C32H31FN4O5. The van der Waals surface area contributed by atoms with Crippen LogP contribution in [0.15, 0.2) is 71.3 Å². The van der Waals surface area contributed by atoms with Gasteiger partial charge in [0.1, 0.15) is 5.82 Å². The van der Waals surface area contributed by atoms with Gasteiger partial charge in [0.25, 0.3) is 12.4 Å². The van der Waals surface area contributed by atoms with Gasteiger partial charge in [-0.2, -0.15) is 4.98 Å². The molecule has 1 aliphatic rings. The van der Waals surface area contributed by atoms with Gasteiger partial charge in [0.2, 0.25) is 5.82 Å². The van der Waals surface area contributed by atoms with Crippen LogP contribution in [0.1, 0.15) is 51.9 Å². The van der Waals surface area contributed by atoms with Crippen LogP contribution in [-0.4, -0.2) is 52.6 Å². The quantitative estimate of drug-likeness (QED) is 0.217. The Morgan fingerprint density at radius 1 is 1.10 bits per heavy atom. The predicted molar refractivity (Wildman–Crippen MR) is 153 cm³/mol. The predicted octanol–water partition coefficient (Wildman–Crippen LogP) is 5.19. The van der Waals surface area contributed by atoms with Gasteiger partial charge in [0.15, 0.2) is 6.23 Å². The van der Waals surface area contributed by atoms with Gasteiger partial charge < -0.3 is 19.5 Å². The fraction of sp³-hybridized carbons (Fsp3) is 0.281. The fourth-order valence-corrected chi connectivity index (χ4v) is 4.86. The molecule has 1 aliphatic heterocycles. The lowest BCUT2D eigenvalue weighted by atomic mass is 9.99. The number of hydrogen-bond acceptors (Lipinski definition) is 7. The average molecular weight is 571 g/mol. The number of hydrogen-bond donors (Lipinski definition) is 1. The van der Waals surface area contributed by atoms with Crippen LogP contribution in [0.25, 0.3) is 22.5 Å². The number of carbonyl (C=O) groups is 3. The normalized spacial score (nSPS) is 14.3. The van der Waals surface area contributed by atoms with E-state index in [9.17, 15) is 14.4 Å². The van der Waals surface area contributed by atoms with Crippen molar-refractivity contribution in [1.29, 1.82) is 0 Å². The van der Waals surface area contributed by atoms with Crippen molar-refractivity contribution in [2.45, 2.75) is 39.3 Å². The summed E-state index contributed by atoms with van der Waals surface area (Å²) in [7, 11) is 0. The van der Waals surface area contributed by atoms with E-state index in [0.717, 1.165) is 29.5 Å². The summed E-state index contributed by atoms with van der Waals surface area (Å²) in [4.78, 5) is 42.7. The maximum absolute atomic E-state index is 15.1. The first-order chi connectivity index (χ1) is 20.3. The van der Waals surface area contributed by atoms with E-state index >= 15 is 4.39 Å². The third-order valence-electron chi connectivity index (χ3n) is 7.40. The second-order valence-electron chi connectivity index (χ2n) is 10.6. The van der Waals surface area contributed by atoms with Crippen molar-refractivity contribution in [3.63, 3.8) is 0 Å². The number of carbonyl (C=O) groups excluding carboxylic acids is 3. The van der Waals surface area contributed by atoms with Crippen molar-refractivity contribution in [2.24, 2.45) is 5.92 Å². The number of aryl methyl sites for hydroxylation is 1. The smallest absolute Gasteiger partial charge is 0.316 e. The Kier molecular flexibility index (Phi) is 8.71. The van der Waals surface area contributed by atoms with Crippen LogP contribution in [0.4, 0.5) is 4.39 Å². The molecule has 0 bridgehead atoms. The molecule has 1 fully saturated rings. The number of halogens is 1. The topological polar surface area (TPSA) is 115 Å². The van der Waals surface area contributed by atoms with Crippen LogP contribution in [0.2, 0.25) is 0 Å². The van der Waals surface area contributed by atoms with Gasteiger partial charge in [0.05, 0.1) is 5.56 Å². The molecule has 1 atom stereocenters. The van der Waals surface area contributed by atoms with Crippen LogP contribution >= 0.6 is 0 Å². The molecular weight excluding hydrogens is 539 g/mol. The molecule has 2 heterocycles. The summed E-state index contributed by atoms with van der Waals surface area (Å²) >= 11 is 0. The van der Waals surface area contributed by atoms with E-state index < -0.39 is 18.0 Å². The zero-order valence-corrected chi connectivity index (χ0v) is 23.4. The van der Waals surface area contributed by atoms with Crippen LogP contribution in [-0.2, 0) is 16.0 Å². The summed E-state index contributed by atoms with van der Waals surface area (Å²) < 4.78 is 25.4. The summed E-state index contributed by atoms with van der Waals surface area (Å²) in [5, 5.41) is 6.49. The van der Waals surface area contributed by atoms with E-state index in [0.29, 0.717) is 30.1 Å². The van der Waals surface area contributed by atoms with Gasteiger partial charge in [0, 0.05) is 25.1 Å². The number of amides is 2. The van der Waals surface area contributed by atoms with Crippen LogP contribution in [0.5, 0.6) is 0 Å². The number of nitrogens with one attached hydrogen (secondary N) is 1. The van der Waals surface area contributed by atoms with Gasteiger partial charge in [-0.25, -0.2) is 4.39 Å². The van der Waals surface area contributed by atoms with Crippen molar-refractivity contribution in [3.8, 4) is 22.5 Å². The van der Waals surface area contributed by atoms with E-state index in [-0.39, 0.29) is 36.1 Å². The minimum absolute atomic E-state index is 0.0166. The Bertz CT molecular complexity index is 1580. The number of nitrogens with zero attached hydrogens (tertiary/aromatic N) is 3. The minimum Gasteiger partial charge on any atom is -0.444 e. The lowest BCUT2D eigenvalue weighted by molar-refractivity contribution is -0.134. The van der Waals surface area contributed by atoms with E-state index in [4.69, 9.17) is 9.26 Å². The molecule has 0 spiro atoms. The maximum Gasteiger partial charge on any atom is 0.316 e. The molecule has 216 valence electrons. The third-order valence-corrected chi connectivity index (χ3v) is 7.40. The Morgan fingerprint density at radius 3 is 2.57 bits per heavy atom. The molecule has 3 aromatic carbocycles. The molecule has 1 saturated heterocycles. The molecule has 0 radical (unpaired) electrons. The summed E-state index contributed by atoms with van der Waals surface area (Å²) in [6.45, 7) is 5.60. The lowest BCUT2D eigenvalue weighted by Gasteiger charge is -2.28. The number of benzene rings is 3. The Labute approximate surface area is 242 Å². The highest BCUT2D eigenvalue weighted by molar-refractivity contribution is 5.95. The molecule has 2 amide bonds. The molecule has 0 aliphatic carbocycles. The molecule has 10 heteroatoms. The average Bonchev–Trinajstić information content (AvgIpc) is 3.48. The van der Waals surface area contributed by atoms with E-state index in [1.807, 2.05) is 37.3 Å². The van der Waals surface area contributed by atoms with Crippen LogP contribution in [0.3, 0.4) is 0 Å². The monoisotopic (exact) mass is 570 g/mol. The lowest BCUT2D eigenvalue weighted by Crippen LogP contribution is -2.38. The number of piperidine rings is 1. The van der Waals surface area contributed by atoms with Gasteiger partial charge >= 0.3 is 11.8 Å². The first-order valence-electron chi connectivity index (χ1n) is 13.8.